The highest BCUT2D eigenvalue weighted by atomic mass is 16.2. The molecule has 0 unspecified atom stereocenters. The fourth-order valence-electron chi connectivity index (χ4n) is 3.46. The summed E-state index contributed by atoms with van der Waals surface area (Å²) in [6.07, 6.45) is 3.14. The Bertz CT molecular complexity index is 761. The lowest BCUT2D eigenvalue weighted by Crippen LogP contribution is -2.41. The van der Waals surface area contributed by atoms with Crippen LogP contribution in [0.4, 0.5) is 4.79 Å². The number of rotatable bonds is 4. The largest absolute Gasteiger partial charge is 0.325 e. The highest BCUT2D eigenvalue weighted by Crippen LogP contribution is 2.29. The normalized spacial score (nSPS) is 18.8. The molecular formula is C17H21N5O2. The van der Waals surface area contributed by atoms with E-state index in [9.17, 15) is 9.59 Å². The molecule has 0 radical (unpaired) electrons. The van der Waals surface area contributed by atoms with E-state index >= 15 is 0 Å². The van der Waals surface area contributed by atoms with Crippen molar-refractivity contribution in [2.75, 3.05) is 0 Å². The minimum Gasteiger partial charge on any atom is -0.322 e. The van der Waals surface area contributed by atoms with Gasteiger partial charge in [-0.1, -0.05) is 17.7 Å². The number of carbonyl (C=O) groups excluding carboxylic acids is 2. The Labute approximate surface area is 140 Å². The Kier molecular flexibility index (Phi) is 4.09. The molecule has 1 aliphatic heterocycles. The highest BCUT2D eigenvalue weighted by molar-refractivity contribution is 6.05. The maximum absolute atomic E-state index is 12.9. The van der Waals surface area contributed by atoms with Gasteiger partial charge in [0.15, 0.2) is 0 Å². The topological polar surface area (TPSA) is 80.1 Å². The maximum atomic E-state index is 12.9. The van der Waals surface area contributed by atoms with Crippen molar-refractivity contribution >= 4 is 11.9 Å². The van der Waals surface area contributed by atoms with Gasteiger partial charge < -0.3 is 9.88 Å². The van der Waals surface area contributed by atoms with Gasteiger partial charge in [-0.3, -0.25) is 9.69 Å². The van der Waals surface area contributed by atoms with E-state index < -0.39 is 6.04 Å². The van der Waals surface area contributed by atoms with Crippen molar-refractivity contribution in [3.63, 3.8) is 0 Å². The summed E-state index contributed by atoms with van der Waals surface area (Å²) >= 11 is 0. The van der Waals surface area contributed by atoms with Crippen LogP contribution < -0.4 is 5.32 Å². The summed E-state index contributed by atoms with van der Waals surface area (Å²) in [7, 11) is 0. The van der Waals surface area contributed by atoms with Crippen LogP contribution in [-0.4, -0.2) is 37.6 Å². The standard InChI is InChI=1S/C17H21N5O2/c1-10-5-11(2)14(12(3)6-10)15-16(23)22(17(24)20-15)13(4)7-21-8-18-19-9-21/h5-6,8-9,13,15H,7H2,1-4H3,(H,20,24)/t13-,15-/m0/s1. The molecule has 126 valence electrons. The number of imide groups is 1. The van der Waals surface area contributed by atoms with Crippen molar-refractivity contribution < 1.29 is 9.59 Å². The van der Waals surface area contributed by atoms with Gasteiger partial charge in [-0.2, -0.15) is 0 Å². The molecule has 3 rings (SSSR count). The number of benzene rings is 1. The lowest BCUT2D eigenvalue weighted by molar-refractivity contribution is -0.129. The first-order chi connectivity index (χ1) is 11.4. The number of nitrogens with zero attached hydrogens (tertiary/aromatic N) is 4. The Hall–Kier alpha value is -2.70. The average molecular weight is 327 g/mol. The van der Waals surface area contributed by atoms with Gasteiger partial charge in [0, 0.05) is 6.54 Å². The molecule has 0 spiro atoms. The molecule has 1 saturated heterocycles. The minimum atomic E-state index is -0.624. The van der Waals surface area contributed by atoms with Gasteiger partial charge in [0.25, 0.3) is 5.91 Å². The molecular weight excluding hydrogens is 306 g/mol. The zero-order valence-corrected chi connectivity index (χ0v) is 14.3. The Balaban J connectivity index is 1.87. The van der Waals surface area contributed by atoms with Gasteiger partial charge in [-0.05, 0) is 44.4 Å². The molecule has 7 heteroatoms. The quantitative estimate of drug-likeness (QED) is 0.870. The van der Waals surface area contributed by atoms with Crippen molar-refractivity contribution in [2.24, 2.45) is 0 Å². The van der Waals surface area contributed by atoms with Crippen LogP contribution in [0, 0.1) is 20.8 Å². The summed E-state index contributed by atoms with van der Waals surface area (Å²) in [6, 6.07) is 2.80. The molecule has 1 aliphatic rings. The molecule has 1 aromatic heterocycles. The second-order valence-corrected chi connectivity index (χ2v) is 6.41. The maximum Gasteiger partial charge on any atom is 0.325 e. The SMILES string of the molecule is Cc1cc(C)c([C@@H]2NC(=O)N([C@@H](C)Cn3cnnc3)C2=O)c(C)c1. The van der Waals surface area contributed by atoms with Gasteiger partial charge >= 0.3 is 6.03 Å². The molecule has 0 saturated carbocycles. The average Bonchev–Trinajstić information content (AvgIpc) is 3.07. The number of amides is 3. The predicted molar refractivity (Wildman–Crippen MR) is 88.3 cm³/mol. The third-order valence-electron chi connectivity index (χ3n) is 4.38. The van der Waals surface area contributed by atoms with Crippen LogP contribution in [0.1, 0.15) is 35.2 Å². The first-order valence-electron chi connectivity index (χ1n) is 7.92. The molecule has 1 N–H and O–H groups in total. The second kappa shape index (κ2) is 6.07. The van der Waals surface area contributed by atoms with E-state index in [1.165, 1.54) is 4.90 Å². The molecule has 1 aromatic carbocycles. The van der Waals surface area contributed by atoms with Gasteiger partial charge in [0.2, 0.25) is 0 Å². The van der Waals surface area contributed by atoms with E-state index in [2.05, 4.69) is 15.5 Å². The van der Waals surface area contributed by atoms with E-state index in [4.69, 9.17) is 0 Å². The summed E-state index contributed by atoms with van der Waals surface area (Å²) in [5, 5.41) is 10.3. The van der Waals surface area contributed by atoms with E-state index in [0.717, 1.165) is 22.3 Å². The van der Waals surface area contributed by atoms with Crippen molar-refractivity contribution in [1.29, 1.82) is 0 Å². The fraction of sp³-hybridized carbons (Fsp3) is 0.412. The molecule has 3 amide bonds. The summed E-state index contributed by atoms with van der Waals surface area (Å²) in [4.78, 5) is 26.6. The van der Waals surface area contributed by atoms with Crippen molar-refractivity contribution in [2.45, 2.75) is 46.3 Å². The lowest BCUT2D eigenvalue weighted by atomic mass is 9.94. The predicted octanol–water partition coefficient (Wildman–Crippen LogP) is 1.88. The summed E-state index contributed by atoms with van der Waals surface area (Å²) in [6.45, 7) is 8.27. The molecule has 0 aliphatic carbocycles. The molecule has 1 fully saturated rings. The van der Waals surface area contributed by atoms with Crippen LogP contribution in [0.25, 0.3) is 0 Å². The molecule has 2 atom stereocenters. The first-order valence-corrected chi connectivity index (χ1v) is 7.92. The molecule has 2 aromatic rings. The van der Waals surface area contributed by atoms with Crippen molar-refractivity contribution in [3.05, 3.63) is 47.0 Å². The van der Waals surface area contributed by atoms with E-state index in [0.29, 0.717) is 6.54 Å². The zero-order valence-electron chi connectivity index (χ0n) is 14.3. The zero-order chi connectivity index (χ0) is 17.4. The van der Waals surface area contributed by atoms with Crippen LogP contribution in [0.2, 0.25) is 0 Å². The van der Waals surface area contributed by atoms with Crippen LogP contribution in [0.15, 0.2) is 24.8 Å². The van der Waals surface area contributed by atoms with Gasteiger partial charge in [0.05, 0.1) is 6.04 Å². The van der Waals surface area contributed by atoms with Gasteiger partial charge in [0.1, 0.15) is 18.7 Å². The number of carbonyl (C=O) groups is 2. The third-order valence-corrected chi connectivity index (χ3v) is 4.38. The number of aryl methyl sites for hydroxylation is 3. The lowest BCUT2D eigenvalue weighted by Gasteiger charge is -2.22. The minimum absolute atomic E-state index is 0.212. The second-order valence-electron chi connectivity index (χ2n) is 6.41. The number of aromatic nitrogens is 3. The van der Waals surface area contributed by atoms with Crippen molar-refractivity contribution in [1.82, 2.24) is 25.0 Å². The number of hydrogen-bond acceptors (Lipinski definition) is 4. The first kappa shape index (κ1) is 16.2. The third kappa shape index (κ3) is 2.77. The monoisotopic (exact) mass is 327 g/mol. The molecule has 24 heavy (non-hydrogen) atoms. The van der Waals surface area contributed by atoms with Crippen LogP contribution >= 0.6 is 0 Å². The Morgan fingerprint density at radius 2 is 1.71 bits per heavy atom. The summed E-state index contributed by atoms with van der Waals surface area (Å²) in [5.41, 5.74) is 4.06. The number of nitrogens with one attached hydrogen (secondary N) is 1. The van der Waals surface area contributed by atoms with Crippen molar-refractivity contribution in [3.8, 4) is 0 Å². The molecule has 7 nitrogen and oxygen atoms in total. The van der Waals surface area contributed by atoms with Crippen LogP contribution in [0.5, 0.6) is 0 Å². The van der Waals surface area contributed by atoms with E-state index in [1.807, 2.05) is 39.8 Å². The van der Waals surface area contributed by atoms with Crippen LogP contribution in [-0.2, 0) is 11.3 Å². The summed E-state index contributed by atoms with van der Waals surface area (Å²) < 4.78 is 1.75. The van der Waals surface area contributed by atoms with Gasteiger partial charge in [-0.25, -0.2) is 4.79 Å². The Morgan fingerprint density at radius 3 is 2.29 bits per heavy atom. The van der Waals surface area contributed by atoms with Gasteiger partial charge in [-0.15, -0.1) is 10.2 Å². The molecule has 0 bridgehead atoms. The van der Waals surface area contributed by atoms with E-state index in [1.54, 1.807) is 17.2 Å². The smallest absolute Gasteiger partial charge is 0.322 e. The number of urea groups is 1. The highest BCUT2D eigenvalue weighted by Gasteiger charge is 2.42. The molecule has 2 heterocycles. The summed E-state index contributed by atoms with van der Waals surface area (Å²) in [5.74, 6) is -0.212. The van der Waals surface area contributed by atoms with E-state index in [-0.39, 0.29) is 18.0 Å². The van der Waals surface area contributed by atoms with Crippen LogP contribution in [0.3, 0.4) is 0 Å². The Morgan fingerprint density at radius 1 is 1.12 bits per heavy atom. The fourth-order valence-corrected chi connectivity index (χ4v) is 3.46. The number of hydrogen-bond donors (Lipinski definition) is 1.